The minimum Gasteiger partial charge on any atom is -0.488 e. The second kappa shape index (κ2) is 11.4. The van der Waals surface area contributed by atoms with E-state index < -0.39 is 24.1 Å². The average Bonchev–Trinajstić information content (AvgIpc) is 3.23. The molecule has 3 heterocycles. The Balaban J connectivity index is 1.05. The van der Waals surface area contributed by atoms with E-state index in [2.05, 4.69) is 22.3 Å². The van der Waals surface area contributed by atoms with E-state index in [9.17, 15) is 23.9 Å². The summed E-state index contributed by atoms with van der Waals surface area (Å²) in [5.74, 6) is -0.761. The molecule has 0 bridgehead atoms. The van der Waals surface area contributed by atoms with Gasteiger partial charge in [0.2, 0.25) is 5.91 Å². The Labute approximate surface area is 237 Å². The number of aliphatic hydroxyl groups excluding tert-OH is 1. The SMILES string of the molecule is O=C1CCC(N2C(=O)c3cccc(OCc4ccc(CN5CCC(c6ccc(F)cc6)CC5)cc4)c3C2=O)C(O)N1. The summed E-state index contributed by atoms with van der Waals surface area (Å²) in [5.41, 5.74) is 3.75. The molecule has 3 aromatic carbocycles. The van der Waals surface area contributed by atoms with Gasteiger partial charge in [0.1, 0.15) is 24.4 Å². The minimum atomic E-state index is -1.30. The van der Waals surface area contributed by atoms with Crippen molar-refractivity contribution < 1.29 is 28.6 Å². The van der Waals surface area contributed by atoms with Gasteiger partial charge in [-0.1, -0.05) is 42.5 Å². The first-order chi connectivity index (χ1) is 19.9. The number of aliphatic hydroxyl groups is 1. The average molecular weight is 558 g/mol. The number of carbonyl (C=O) groups is 3. The fourth-order valence-electron chi connectivity index (χ4n) is 6.05. The Morgan fingerprint density at radius 3 is 2.29 bits per heavy atom. The molecule has 3 amide bonds. The summed E-state index contributed by atoms with van der Waals surface area (Å²) in [4.78, 5) is 41.4. The summed E-state index contributed by atoms with van der Waals surface area (Å²) in [6, 6.07) is 19.1. The number of ether oxygens (including phenoxy) is 1. The van der Waals surface area contributed by atoms with Gasteiger partial charge in [0.15, 0.2) is 0 Å². The fourth-order valence-corrected chi connectivity index (χ4v) is 6.05. The Morgan fingerprint density at radius 1 is 0.878 bits per heavy atom. The van der Waals surface area contributed by atoms with Gasteiger partial charge in [-0.05, 0) is 79.2 Å². The van der Waals surface area contributed by atoms with Crippen molar-refractivity contribution in [3.8, 4) is 5.75 Å². The summed E-state index contributed by atoms with van der Waals surface area (Å²) in [6.45, 7) is 3.05. The Morgan fingerprint density at radius 2 is 1.59 bits per heavy atom. The first-order valence-corrected chi connectivity index (χ1v) is 14.0. The van der Waals surface area contributed by atoms with Gasteiger partial charge in [-0.25, -0.2) is 4.39 Å². The third kappa shape index (κ3) is 5.60. The van der Waals surface area contributed by atoms with Gasteiger partial charge in [0.05, 0.1) is 17.2 Å². The zero-order valence-corrected chi connectivity index (χ0v) is 22.6. The highest BCUT2D eigenvalue weighted by molar-refractivity contribution is 6.23. The monoisotopic (exact) mass is 557 g/mol. The minimum absolute atomic E-state index is 0.128. The van der Waals surface area contributed by atoms with Gasteiger partial charge >= 0.3 is 0 Å². The molecule has 2 unspecified atom stereocenters. The summed E-state index contributed by atoms with van der Waals surface area (Å²) in [7, 11) is 0. The van der Waals surface area contributed by atoms with Gasteiger partial charge in [-0.2, -0.15) is 0 Å². The van der Waals surface area contributed by atoms with Crippen LogP contribution in [0.3, 0.4) is 0 Å². The van der Waals surface area contributed by atoms with E-state index in [1.165, 1.54) is 23.3 Å². The molecule has 2 saturated heterocycles. The van der Waals surface area contributed by atoms with Crippen molar-refractivity contribution in [1.82, 2.24) is 15.1 Å². The van der Waals surface area contributed by atoms with Gasteiger partial charge in [-0.3, -0.25) is 24.2 Å². The molecule has 3 aliphatic rings. The highest BCUT2D eigenvalue weighted by atomic mass is 19.1. The topological polar surface area (TPSA) is 99.2 Å². The molecule has 41 heavy (non-hydrogen) atoms. The smallest absolute Gasteiger partial charge is 0.265 e. The van der Waals surface area contributed by atoms with Crippen molar-refractivity contribution in [2.24, 2.45) is 0 Å². The quantitative estimate of drug-likeness (QED) is 0.427. The number of amides is 3. The van der Waals surface area contributed by atoms with Crippen LogP contribution in [0.4, 0.5) is 4.39 Å². The number of benzene rings is 3. The van der Waals surface area contributed by atoms with E-state index in [1.807, 2.05) is 24.3 Å². The van der Waals surface area contributed by atoms with E-state index in [-0.39, 0.29) is 42.3 Å². The number of hydrogen-bond donors (Lipinski definition) is 2. The van der Waals surface area contributed by atoms with E-state index >= 15 is 0 Å². The largest absolute Gasteiger partial charge is 0.488 e. The number of imide groups is 1. The standard InChI is InChI=1S/C32H32FN3O5/c33-24-10-8-22(9-11-24)23-14-16-35(17-15-23)18-20-4-6-21(7-5-20)19-41-27-3-1-2-25-29(27)32(40)36(31(25)39)26-12-13-28(37)34-30(26)38/h1-11,23,26,30,38H,12-19H2,(H,34,37). The van der Waals surface area contributed by atoms with Crippen molar-refractivity contribution in [2.75, 3.05) is 13.1 Å². The van der Waals surface area contributed by atoms with Crippen LogP contribution in [0.2, 0.25) is 0 Å². The van der Waals surface area contributed by atoms with Crippen LogP contribution in [0.5, 0.6) is 5.75 Å². The molecular weight excluding hydrogens is 525 g/mol. The Bertz CT molecular complexity index is 1450. The number of rotatable bonds is 7. The van der Waals surface area contributed by atoms with Gasteiger partial charge in [0.25, 0.3) is 11.8 Å². The molecular formula is C32H32FN3O5. The Hall–Kier alpha value is -4.08. The number of nitrogens with one attached hydrogen (secondary N) is 1. The molecule has 9 heteroatoms. The van der Waals surface area contributed by atoms with Gasteiger partial charge in [-0.15, -0.1) is 0 Å². The summed E-state index contributed by atoms with van der Waals surface area (Å²) in [5, 5.41) is 12.7. The second-order valence-electron chi connectivity index (χ2n) is 11.0. The number of hydrogen-bond acceptors (Lipinski definition) is 6. The van der Waals surface area contributed by atoms with E-state index in [4.69, 9.17) is 4.74 Å². The third-order valence-corrected chi connectivity index (χ3v) is 8.33. The molecule has 8 nitrogen and oxygen atoms in total. The molecule has 3 aliphatic heterocycles. The van der Waals surface area contributed by atoms with Gasteiger partial charge in [0, 0.05) is 13.0 Å². The molecule has 6 rings (SSSR count). The normalized spacial score (nSPS) is 21.6. The molecule has 0 spiro atoms. The van der Waals surface area contributed by atoms with E-state index in [1.54, 1.807) is 18.2 Å². The molecule has 2 fully saturated rings. The van der Waals surface area contributed by atoms with E-state index in [0.717, 1.165) is 42.9 Å². The van der Waals surface area contributed by atoms with Crippen LogP contribution < -0.4 is 10.1 Å². The van der Waals surface area contributed by atoms with Crippen molar-refractivity contribution in [1.29, 1.82) is 0 Å². The highest BCUT2D eigenvalue weighted by Gasteiger charge is 2.45. The van der Waals surface area contributed by atoms with Crippen molar-refractivity contribution in [3.05, 3.63) is 100 Å². The van der Waals surface area contributed by atoms with Crippen LogP contribution in [0, 0.1) is 5.82 Å². The first-order valence-electron chi connectivity index (χ1n) is 14.0. The number of nitrogens with zero attached hydrogens (tertiary/aromatic N) is 2. The molecule has 212 valence electrons. The lowest BCUT2D eigenvalue weighted by molar-refractivity contribution is -0.129. The second-order valence-corrected chi connectivity index (χ2v) is 11.0. The van der Waals surface area contributed by atoms with Crippen LogP contribution >= 0.6 is 0 Å². The summed E-state index contributed by atoms with van der Waals surface area (Å²) >= 11 is 0. The van der Waals surface area contributed by atoms with Crippen LogP contribution in [-0.2, 0) is 17.9 Å². The zero-order chi connectivity index (χ0) is 28.5. The number of halogens is 1. The number of likely N-dealkylation sites (tertiary alicyclic amines) is 1. The lowest BCUT2D eigenvalue weighted by Crippen LogP contribution is -2.57. The van der Waals surface area contributed by atoms with Crippen molar-refractivity contribution in [3.63, 3.8) is 0 Å². The van der Waals surface area contributed by atoms with Crippen LogP contribution in [-0.4, -0.2) is 58.0 Å². The van der Waals surface area contributed by atoms with Crippen LogP contribution in [0.15, 0.2) is 66.7 Å². The maximum atomic E-state index is 13.3. The molecule has 2 N–H and O–H groups in total. The van der Waals surface area contributed by atoms with Crippen molar-refractivity contribution >= 4 is 17.7 Å². The number of piperidine rings is 2. The maximum Gasteiger partial charge on any atom is 0.265 e. The maximum absolute atomic E-state index is 13.3. The lowest BCUT2D eigenvalue weighted by Gasteiger charge is -2.33. The first kappa shape index (κ1) is 27.1. The molecule has 3 aromatic rings. The third-order valence-electron chi connectivity index (χ3n) is 8.33. The molecule has 0 aliphatic carbocycles. The zero-order valence-electron chi connectivity index (χ0n) is 22.6. The van der Waals surface area contributed by atoms with Crippen LogP contribution in [0.1, 0.15) is 69.0 Å². The molecule has 0 aromatic heterocycles. The number of fused-ring (bicyclic) bond motifs is 1. The predicted molar refractivity (Wildman–Crippen MR) is 149 cm³/mol. The molecule has 2 atom stereocenters. The molecule has 0 saturated carbocycles. The van der Waals surface area contributed by atoms with E-state index in [0.29, 0.717) is 11.7 Å². The fraction of sp³-hybridized carbons (Fsp3) is 0.344. The highest BCUT2D eigenvalue weighted by Crippen LogP contribution is 2.34. The Kier molecular flexibility index (Phi) is 7.55. The summed E-state index contributed by atoms with van der Waals surface area (Å²) in [6.07, 6.45) is 1.12. The molecule has 0 radical (unpaired) electrons. The lowest BCUT2D eigenvalue weighted by atomic mass is 9.89. The van der Waals surface area contributed by atoms with Gasteiger partial charge < -0.3 is 15.2 Å². The predicted octanol–water partition coefficient (Wildman–Crippen LogP) is 3.98. The summed E-state index contributed by atoms with van der Waals surface area (Å²) < 4.78 is 19.3. The van der Waals surface area contributed by atoms with Crippen LogP contribution in [0.25, 0.3) is 0 Å². The van der Waals surface area contributed by atoms with Crippen molar-refractivity contribution in [2.45, 2.75) is 57.0 Å². The number of carbonyl (C=O) groups excluding carboxylic acids is 3.